The molecule has 0 rings (SSSR count). The molecular weight excluding hydrogens is 295 g/mol. The summed E-state index contributed by atoms with van der Waals surface area (Å²) < 4.78 is 35.6. The molecule has 21 heavy (non-hydrogen) atoms. The number of nitrogens with one attached hydrogen (secondary N) is 3. The molecule has 0 fully saturated rings. The summed E-state index contributed by atoms with van der Waals surface area (Å²) in [5.41, 5.74) is 0. The van der Waals surface area contributed by atoms with E-state index < -0.39 is 42.7 Å². The van der Waals surface area contributed by atoms with Gasteiger partial charge in [0, 0.05) is 0 Å². The van der Waals surface area contributed by atoms with Crippen LogP contribution in [-0.2, 0) is 9.59 Å². The zero-order valence-corrected chi connectivity index (χ0v) is 11.6. The summed E-state index contributed by atoms with van der Waals surface area (Å²) in [4.78, 5) is 33.5. The van der Waals surface area contributed by atoms with E-state index in [1.54, 1.807) is 12.2 Å². The average molecular weight is 313 g/mol. The molecule has 3 amide bonds. The third-order valence-electron chi connectivity index (χ3n) is 2.41. The number of carboxylic acid groups (broad SMARTS) is 1. The van der Waals surface area contributed by atoms with Crippen LogP contribution in [0.1, 0.15) is 26.7 Å². The second-order valence-corrected chi connectivity index (χ2v) is 4.35. The van der Waals surface area contributed by atoms with E-state index in [0.717, 1.165) is 0 Å². The van der Waals surface area contributed by atoms with E-state index in [-0.39, 0.29) is 6.42 Å². The average Bonchev–Trinajstić information content (AvgIpc) is 2.34. The van der Waals surface area contributed by atoms with Crippen molar-refractivity contribution in [2.45, 2.75) is 44.9 Å². The van der Waals surface area contributed by atoms with Gasteiger partial charge in [0.2, 0.25) is 5.91 Å². The number of urea groups is 1. The molecule has 0 saturated heterocycles. The number of carbonyl (C=O) groups is 3. The number of hydrogen-bond acceptors (Lipinski definition) is 4. The van der Waals surface area contributed by atoms with Crippen LogP contribution in [-0.4, -0.2) is 47.8 Å². The van der Waals surface area contributed by atoms with Crippen molar-refractivity contribution in [2.75, 3.05) is 6.54 Å². The van der Waals surface area contributed by atoms with Crippen molar-refractivity contribution in [2.24, 2.45) is 0 Å². The van der Waals surface area contributed by atoms with E-state index in [9.17, 15) is 27.6 Å². The Morgan fingerprint density at radius 2 is 1.81 bits per heavy atom. The molecule has 4 N–H and O–H groups in total. The predicted octanol–water partition coefficient (Wildman–Crippen LogP) is 0.606. The molecule has 0 radical (unpaired) electrons. The number of halogens is 3. The second kappa shape index (κ2) is 8.45. The Bertz CT molecular complexity index is 387. The molecule has 2 atom stereocenters. The van der Waals surface area contributed by atoms with Crippen molar-refractivity contribution in [3.63, 3.8) is 0 Å². The van der Waals surface area contributed by atoms with Crippen molar-refractivity contribution in [3.05, 3.63) is 0 Å². The van der Waals surface area contributed by atoms with E-state index in [4.69, 9.17) is 5.11 Å². The minimum Gasteiger partial charge on any atom is -0.480 e. The first-order chi connectivity index (χ1) is 9.56. The van der Waals surface area contributed by atoms with Gasteiger partial charge in [0.1, 0.15) is 12.6 Å². The molecule has 0 aliphatic heterocycles. The predicted molar refractivity (Wildman–Crippen MR) is 66.5 cm³/mol. The Hall–Kier alpha value is -1.84. The minimum atomic E-state index is -4.58. The Balaban J connectivity index is 4.31. The van der Waals surface area contributed by atoms with Crippen molar-refractivity contribution in [3.8, 4) is 0 Å². The topological polar surface area (TPSA) is 108 Å². The molecule has 0 aromatic rings. The van der Waals surface area contributed by atoms with Gasteiger partial charge in [-0.2, -0.15) is 13.2 Å². The highest BCUT2D eigenvalue weighted by Gasteiger charge is 2.28. The van der Waals surface area contributed by atoms with E-state index in [2.05, 4.69) is 5.32 Å². The normalized spacial score (nSPS) is 14.1. The van der Waals surface area contributed by atoms with Crippen LogP contribution < -0.4 is 16.0 Å². The van der Waals surface area contributed by atoms with Gasteiger partial charge in [-0.3, -0.25) is 20.2 Å². The lowest BCUT2D eigenvalue weighted by atomic mass is 10.1. The summed E-state index contributed by atoms with van der Waals surface area (Å²) in [6.45, 7) is 1.49. The molecule has 0 aromatic carbocycles. The van der Waals surface area contributed by atoms with Crippen LogP contribution in [0.5, 0.6) is 0 Å². The number of hydrogen-bond donors (Lipinski definition) is 4. The number of imide groups is 1. The third kappa shape index (κ3) is 8.84. The molecule has 122 valence electrons. The molecule has 0 heterocycles. The van der Waals surface area contributed by atoms with Gasteiger partial charge in [0.15, 0.2) is 0 Å². The minimum absolute atomic E-state index is 0.271. The molecule has 0 saturated carbocycles. The lowest BCUT2D eigenvalue weighted by Crippen LogP contribution is -2.53. The summed E-state index contributed by atoms with van der Waals surface area (Å²) in [6, 6.07) is -3.32. The highest BCUT2D eigenvalue weighted by Crippen LogP contribution is 2.11. The Labute approximate surface area is 119 Å². The summed E-state index contributed by atoms with van der Waals surface area (Å²) >= 11 is 0. The molecule has 2 unspecified atom stereocenters. The van der Waals surface area contributed by atoms with Crippen molar-refractivity contribution in [1.82, 2.24) is 16.0 Å². The fourth-order valence-electron chi connectivity index (χ4n) is 1.39. The standard InChI is InChI=1S/C11H18F3N3O4/c1-3-4-7(9(19)20)16-6(2)8(18)17-10(21)15-5-11(12,13)14/h6-7,16H,3-5H2,1-2H3,(H,19,20)(H2,15,17,18,21). The zero-order valence-electron chi connectivity index (χ0n) is 11.6. The first kappa shape index (κ1) is 19.2. The smallest absolute Gasteiger partial charge is 0.405 e. The maximum Gasteiger partial charge on any atom is 0.405 e. The molecule has 0 aromatic heterocycles. The van der Waals surface area contributed by atoms with Gasteiger partial charge in [-0.05, 0) is 13.3 Å². The van der Waals surface area contributed by atoms with E-state index in [0.29, 0.717) is 6.42 Å². The highest BCUT2D eigenvalue weighted by atomic mass is 19.4. The molecule has 0 bridgehead atoms. The van der Waals surface area contributed by atoms with Crippen LogP contribution in [0.3, 0.4) is 0 Å². The summed E-state index contributed by atoms with van der Waals surface area (Å²) in [5, 5.41) is 14.5. The van der Waals surface area contributed by atoms with Gasteiger partial charge < -0.3 is 10.4 Å². The number of amides is 3. The van der Waals surface area contributed by atoms with Crippen molar-refractivity contribution in [1.29, 1.82) is 0 Å². The van der Waals surface area contributed by atoms with Gasteiger partial charge in [0.05, 0.1) is 6.04 Å². The van der Waals surface area contributed by atoms with Crippen LogP contribution in [0.25, 0.3) is 0 Å². The molecule has 0 aliphatic carbocycles. The largest absolute Gasteiger partial charge is 0.480 e. The quantitative estimate of drug-likeness (QED) is 0.551. The number of aliphatic carboxylic acids is 1. The fraction of sp³-hybridized carbons (Fsp3) is 0.727. The number of rotatable bonds is 7. The first-order valence-corrected chi connectivity index (χ1v) is 6.21. The Kier molecular flexibility index (Phi) is 7.71. The third-order valence-corrected chi connectivity index (χ3v) is 2.41. The molecule has 0 spiro atoms. The number of carbonyl (C=O) groups excluding carboxylic acids is 2. The van der Waals surface area contributed by atoms with Crippen LogP contribution >= 0.6 is 0 Å². The van der Waals surface area contributed by atoms with Gasteiger partial charge in [-0.15, -0.1) is 0 Å². The SMILES string of the molecule is CCCC(NC(C)C(=O)NC(=O)NCC(F)(F)F)C(=O)O. The Morgan fingerprint density at radius 3 is 2.24 bits per heavy atom. The van der Waals surface area contributed by atoms with Gasteiger partial charge in [-0.25, -0.2) is 4.79 Å². The number of alkyl halides is 3. The van der Waals surface area contributed by atoms with Crippen LogP contribution in [0.2, 0.25) is 0 Å². The molecule has 0 aliphatic rings. The number of carboxylic acids is 1. The monoisotopic (exact) mass is 313 g/mol. The van der Waals surface area contributed by atoms with Gasteiger partial charge in [-0.1, -0.05) is 13.3 Å². The summed E-state index contributed by atoms with van der Waals surface area (Å²) in [5.74, 6) is -2.07. The molecule has 10 heteroatoms. The maximum absolute atomic E-state index is 11.9. The molecular formula is C11H18F3N3O4. The van der Waals surface area contributed by atoms with E-state index >= 15 is 0 Å². The van der Waals surface area contributed by atoms with Gasteiger partial charge in [0.25, 0.3) is 0 Å². The molecule has 7 nitrogen and oxygen atoms in total. The van der Waals surface area contributed by atoms with Crippen molar-refractivity contribution >= 4 is 17.9 Å². The lowest BCUT2D eigenvalue weighted by Gasteiger charge is -2.19. The first-order valence-electron chi connectivity index (χ1n) is 6.21. The van der Waals surface area contributed by atoms with Crippen LogP contribution in [0, 0.1) is 0 Å². The lowest BCUT2D eigenvalue weighted by molar-refractivity contribution is -0.140. The highest BCUT2D eigenvalue weighted by molar-refractivity contribution is 5.97. The van der Waals surface area contributed by atoms with Crippen molar-refractivity contribution < 1.29 is 32.7 Å². The summed E-state index contributed by atoms with van der Waals surface area (Å²) in [7, 11) is 0. The maximum atomic E-state index is 11.9. The Morgan fingerprint density at radius 1 is 1.24 bits per heavy atom. The van der Waals surface area contributed by atoms with E-state index in [1.165, 1.54) is 12.2 Å². The van der Waals surface area contributed by atoms with E-state index in [1.807, 2.05) is 0 Å². The van der Waals surface area contributed by atoms with Gasteiger partial charge >= 0.3 is 18.2 Å². The van der Waals surface area contributed by atoms with Crippen LogP contribution in [0.15, 0.2) is 0 Å². The fourth-order valence-corrected chi connectivity index (χ4v) is 1.39. The summed E-state index contributed by atoms with van der Waals surface area (Å²) in [6.07, 6.45) is -3.75. The second-order valence-electron chi connectivity index (χ2n) is 4.35. The zero-order chi connectivity index (χ0) is 16.6. The van der Waals surface area contributed by atoms with Crippen LogP contribution in [0.4, 0.5) is 18.0 Å².